The number of aryl methyl sites for hydroxylation is 1. The van der Waals surface area contributed by atoms with Gasteiger partial charge in [0, 0.05) is 18.2 Å². The number of nitrogen functional groups attached to an aromatic ring is 2. The highest BCUT2D eigenvalue weighted by molar-refractivity contribution is 5.92. The highest BCUT2D eigenvalue weighted by Gasteiger charge is 2.19. The number of rotatable bonds is 5. The largest absolute Gasteiger partial charge is 0.383 e. The minimum atomic E-state index is -0.392. The van der Waals surface area contributed by atoms with Gasteiger partial charge in [0.1, 0.15) is 18.4 Å². The van der Waals surface area contributed by atoms with Crippen molar-refractivity contribution < 1.29 is 13.9 Å². The van der Waals surface area contributed by atoms with Gasteiger partial charge in [-0.3, -0.25) is 0 Å². The Bertz CT molecular complexity index is 933. The number of nitrogens with two attached hydrogens (primary N) is 2. The molecule has 25 heavy (non-hydrogen) atoms. The number of anilines is 2. The fraction of sp³-hybridized carbons (Fsp3) is 0.235. The lowest BCUT2D eigenvalue weighted by molar-refractivity contribution is -0.0390. The summed E-state index contributed by atoms with van der Waals surface area (Å²) in [5.74, 6) is -0.155. The number of pyridine rings is 1. The van der Waals surface area contributed by atoms with E-state index in [1.54, 1.807) is 18.2 Å². The molecule has 2 aromatic heterocycles. The Morgan fingerprint density at radius 2 is 1.88 bits per heavy atom. The van der Waals surface area contributed by atoms with E-state index >= 15 is 0 Å². The average molecular weight is 343 g/mol. The van der Waals surface area contributed by atoms with Gasteiger partial charge in [-0.05, 0) is 24.6 Å². The van der Waals surface area contributed by atoms with Gasteiger partial charge in [-0.2, -0.15) is 9.97 Å². The van der Waals surface area contributed by atoms with Crippen LogP contribution in [0.2, 0.25) is 0 Å². The molecule has 3 rings (SSSR count). The third-order valence-electron chi connectivity index (χ3n) is 3.84. The van der Waals surface area contributed by atoms with Crippen LogP contribution in [0.4, 0.5) is 16.2 Å². The molecule has 7 nitrogen and oxygen atoms in total. The van der Waals surface area contributed by atoms with Gasteiger partial charge in [-0.25, -0.2) is 9.37 Å². The van der Waals surface area contributed by atoms with Gasteiger partial charge in [0.25, 0.3) is 0 Å². The minimum absolute atomic E-state index is 0.0137. The molecule has 0 fully saturated rings. The SMILES string of the molecule is COCOCc1c(-c2ccccc2F)nc2nc(N)nc(N)c2c1C. The van der Waals surface area contributed by atoms with Crippen molar-refractivity contribution >= 4 is 22.8 Å². The molecule has 1 aromatic carbocycles. The molecule has 3 aromatic rings. The molecule has 2 heterocycles. The third-order valence-corrected chi connectivity index (χ3v) is 3.84. The van der Waals surface area contributed by atoms with Gasteiger partial charge < -0.3 is 20.9 Å². The molecule has 0 saturated carbocycles. The van der Waals surface area contributed by atoms with Crippen molar-refractivity contribution in [2.24, 2.45) is 0 Å². The van der Waals surface area contributed by atoms with Crippen LogP contribution in [0.1, 0.15) is 11.1 Å². The first-order valence-corrected chi connectivity index (χ1v) is 7.56. The molecule has 4 N–H and O–H groups in total. The number of hydrogen-bond donors (Lipinski definition) is 2. The number of nitrogens with zero attached hydrogens (tertiary/aromatic N) is 3. The van der Waals surface area contributed by atoms with Gasteiger partial charge in [0.05, 0.1) is 17.7 Å². The van der Waals surface area contributed by atoms with Crippen LogP contribution in [0, 0.1) is 12.7 Å². The van der Waals surface area contributed by atoms with Gasteiger partial charge in [-0.1, -0.05) is 12.1 Å². The van der Waals surface area contributed by atoms with Crippen LogP contribution < -0.4 is 11.5 Å². The van der Waals surface area contributed by atoms with Crippen LogP contribution in [-0.2, 0) is 16.1 Å². The van der Waals surface area contributed by atoms with Crippen LogP contribution in [-0.4, -0.2) is 28.9 Å². The number of methoxy groups -OCH3 is 1. The predicted molar refractivity (Wildman–Crippen MR) is 93.0 cm³/mol. The summed E-state index contributed by atoms with van der Waals surface area (Å²) >= 11 is 0. The summed E-state index contributed by atoms with van der Waals surface area (Å²) in [5.41, 5.74) is 14.2. The molecule has 8 heteroatoms. The maximum absolute atomic E-state index is 14.3. The second-order valence-electron chi connectivity index (χ2n) is 5.46. The monoisotopic (exact) mass is 343 g/mol. The molecular formula is C17H18FN5O2. The van der Waals surface area contributed by atoms with Crippen molar-refractivity contribution in [3.63, 3.8) is 0 Å². The Morgan fingerprint density at radius 3 is 2.60 bits per heavy atom. The first-order chi connectivity index (χ1) is 12.0. The number of fused-ring (bicyclic) bond motifs is 1. The second kappa shape index (κ2) is 6.96. The first-order valence-electron chi connectivity index (χ1n) is 7.56. The smallest absolute Gasteiger partial charge is 0.224 e. The number of aromatic nitrogens is 3. The summed E-state index contributed by atoms with van der Waals surface area (Å²) in [4.78, 5) is 12.6. The van der Waals surface area contributed by atoms with Crippen LogP contribution in [0.5, 0.6) is 0 Å². The van der Waals surface area contributed by atoms with Gasteiger partial charge >= 0.3 is 0 Å². The zero-order valence-electron chi connectivity index (χ0n) is 13.9. The van der Waals surface area contributed by atoms with E-state index in [1.807, 2.05) is 6.92 Å². The van der Waals surface area contributed by atoms with Crippen molar-refractivity contribution in [3.8, 4) is 11.3 Å². The lowest BCUT2D eigenvalue weighted by atomic mass is 9.99. The van der Waals surface area contributed by atoms with Crippen LogP contribution in [0.3, 0.4) is 0 Å². The molecule has 130 valence electrons. The summed E-state index contributed by atoms with van der Waals surface area (Å²) in [7, 11) is 1.53. The molecule has 0 aliphatic rings. The summed E-state index contributed by atoms with van der Waals surface area (Å²) in [6.07, 6.45) is 0. The van der Waals surface area contributed by atoms with E-state index in [0.29, 0.717) is 27.9 Å². The molecule has 0 unspecified atom stereocenters. The lowest BCUT2D eigenvalue weighted by Gasteiger charge is -2.16. The van der Waals surface area contributed by atoms with Crippen molar-refractivity contribution in [2.45, 2.75) is 13.5 Å². The summed E-state index contributed by atoms with van der Waals surface area (Å²) in [5, 5.41) is 0.574. The van der Waals surface area contributed by atoms with Crippen molar-refractivity contribution in [2.75, 3.05) is 25.4 Å². The van der Waals surface area contributed by atoms with Crippen LogP contribution in [0.15, 0.2) is 24.3 Å². The van der Waals surface area contributed by atoms with E-state index in [9.17, 15) is 4.39 Å². The van der Waals surface area contributed by atoms with Crippen LogP contribution >= 0.6 is 0 Å². The predicted octanol–water partition coefficient (Wildman–Crippen LogP) is 2.42. The highest BCUT2D eigenvalue weighted by Crippen LogP contribution is 2.33. The molecule has 0 atom stereocenters. The van der Waals surface area contributed by atoms with E-state index < -0.39 is 5.82 Å². The number of benzene rings is 1. The van der Waals surface area contributed by atoms with Crippen LogP contribution in [0.25, 0.3) is 22.3 Å². The number of hydrogen-bond acceptors (Lipinski definition) is 7. The van der Waals surface area contributed by atoms with Crippen molar-refractivity contribution in [1.82, 2.24) is 15.0 Å². The Labute approximate surface area is 143 Å². The zero-order valence-corrected chi connectivity index (χ0v) is 13.9. The maximum Gasteiger partial charge on any atom is 0.224 e. The topological polar surface area (TPSA) is 109 Å². The fourth-order valence-corrected chi connectivity index (χ4v) is 2.71. The molecule has 0 aliphatic carbocycles. The second-order valence-corrected chi connectivity index (χ2v) is 5.46. The maximum atomic E-state index is 14.3. The molecular weight excluding hydrogens is 325 g/mol. The highest BCUT2D eigenvalue weighted by atomic mass is 19.1. The molecule has 0 aliphatic heterocycles. The Morgan fingerprint density at radius 1 is 1.12 bits per heavy atom. The quantitative estimate of drug-likeness (QED) is 0.541. The van der Waals surface area contributed by atoms with Gasteiger partial charge in [0.2, 0.25) is 5.95 Å². The number of halogens is 1. The summed E-state index contributed by atoms with van der Waals surface area (Å²) in [6.45, 7) is 2.12. The molecule has 0 radical (unpaired) electrons. The lowest BCUT2D eigenvalue weighted by Crippen LogP contribution is -2.08. The van der Waals surface area contributed by atoms with E-state index in [-0.39, 0.29) is 25.2 Å². The minimum Gasteiger partial charge on any atom is -0.383 e. The molecule has 0 spiro atoms. The average Bonchev–Trinajstić information content (AvgIpc) is 2.56. The van der Waals surface area contributed by atoms with Gasteiger partial charge in [-0.15, -0.1) is 0 Å². The van der Waals surface area contributed by atoms with Gasteiger partial charge in [0.15, 0.2) is 5.65 Å². The molecule has 0 amide bonds. The van der Waals surface area contributed by atoms with E-state index in [1.165, 1.54) is 13.2 Å². The zero-order chi connectivity index (χ0) is 18.0. The molecule has 0 bridgehead atoms. The standard InChI is InChI=1S/C17H18FN5O2/c1-9-11(7-25-8-24-2)14(10-5-3-4-6-12(10)18)21-16-13(9)15(19)22-17(20)23-16/h3-6H,7-8H2,1-2H3,(H4,19,20,21,22,23). The first kappa shape index (κ1) is 17.0. The molecule has 0 saturated heterocycles. The van der Waals surface area contributed by atoms with Crippen molar-refractivity contribution in [3.05, 3.63) is 41.2 Å². The third kappa shape index (κ3) is 3.21. The Hall–Kier alpha value is -2.84. The Kier molecular flexibility index (Phi) is 4.73. The summed E-state index contributed by atoms with van der Waals surface area (Å²) in [6, 6.07) is 6.38. The Balaban J connectivity index is 2.29. The summed E-state index contributed by atoms with van der Waals surface area (Å²) < 4.78 is 24.7. The van der Waals surface area contributed by atoms with E-state index in [0.717, 1.165) is 5.56 Å². The van der Waals surface area contributed by atoms with E-state index in [2.05, 4.69) is 15.0 Å². The number of ether oxygens (including phenoxy) is 2. The van der Waals surface area contributed by atoms with E-state index in [4.69, 9.17) is 20.9 Å². The normalized spacial score (nSPS) is 11.2. The van der Waals surface area contributed by atoms with Crippen molar-refractivity contribution in [1.29, 1.82) is 0 Å². The fourth-order valence-electron chi connectivity index (χ4n) is 2.71.